The molecule has 6 heteroatoms. The fourth-order valence-corrected chi connectivity index (χ4v) is 1.79. The van der Waals surface area contributed by atoms with Crippen LogP contribution in [0.4, 0.5) is 5.82 Å². The molecule has 5 nitrogen and oxygen atoms in total. The van der Waals surface area contributed by atoms with E-state index in [2.05, 4.69) is 26.2 Å². The molecule has 1 N–H and O–H groups in total. The number of nitrogens with zero attached hydrogens (tertiary/aromatic N) is 2. The van der Waals surface area contributed by atoms with Crippen LogP contribution in [0, 0.1) is 18.3 Å². The van der Waals surface area contributed by atoms with Gasteiger partial charge in [-0.15, -0.1) is 0 Å². The molecule has 2 aromatic rings. The molecule has 1 aromatic heterocycles. The largest absolute Gasteiger partial charge is 0.484 e. The van der Waals surface area contributed by atoms with E-state index in [4.69, 9.17) is 10.00 Å². The van der Waals surface area contributed by atoms with Crippen LogP contribution in [0.15, 0.2) is 40.9 Å². The topological polar surface area (TPSA) is 75.0 Å². The van der Waals surface area contributed by atoms with Gasteiger partial charge < -0.3 is 10.1 Å². The van der Waals surface area contributed by atoms with Gasteiger partial charge in [0.2, 0.25) is 0 Å². The van der Waals surface area contributed by atoms with Crippen LogP contribution in [0.3, 0.4) is 0 Å². The van der Waals surface area contributed by atoms with Crippen molar-refractivity contribution in [1.82, 2.24) is 4.98 Å². The Hall–Kier alpha value is -2.39. The van der Waals surface area contributed by atoms with Crippen LogP contribution < -0.4 is 10.1 Å². The molecule has 21 heavy (non-hydrogen) atoms. The van der Waals surface area contributed by atoms with Crippen molar-refractivity contribution >= 4 is 27.7 Å². The Morgan fingerprint density at radius 2 is 2.05 bits per heavy atom. The van der Waals surface area contributed by atoms with Gasteiger partial charge in [-0.05, 0) is 59.3 Å². The van der Waals surface area contributed by atoms with Crippen molar-refractivity contribution in [3.63, 3.8) is 0 Å². The summed E-state index contributed by atoms with van der Waals surface area (Å²) in [5, 5.41) is 11.3. The smallest absolute Gasteiger partial charge is 0.263 e. The van der Waals surface area contributed by atoms with Gasteiger partial charge in [0.1, 0.15) is 11.6 Å². The van der Waals surface area contributed by atoms with Crippen molar-refractivity contribution in [1.29, 1.82) is 5.26 Å². The molecule has 0 fully saturated rings. The number of carbonyl (C=O) groups excluding carboxylic acids is 1. The number of pyridine rings is 1. The molecule has 0 spiro atoms. The minimum absolute atomic E-state index is 0.122. The lowest BCUT2D eigenvalue weighted by Gasteiger charge is -2.08. The van der Waals surface area contributed by atoms with Gasteiger partial charge in [-0.3, -0.25) is 4.79 Å². The number of hydrogen-bond donors (Lipinski definition) is 1. The minimum atomic E-state index is -0.298. The van der Waals surface area contributed by atoms with Gasteiger partial charge in [-0.25, -0.2) is 4.98 Å². The number of anilines is 1. The first kappa shape index (κ1) is 15.0. The molecule has 0 bridgehead atoms. The second-order valence-corrected chi connectivity index (χ2v) is 5.09. The molecule has 0 atom stereocenters. The molecule has 0 aliphatic heterocycles. The van der Waals surface area contributed by atoms with Crippen molar-refractivity contribution in [3.05, 3.63) is 52.1 Å². The lowest BCUT2D eigenvalue weighted by Crippen LogP contribution is -2.20. The van der Waals surface area contributed by atoms with E-state index in [1.54, 1.807) is 30.3 Å². The molecule has 1 aromatic carbocycles. The average molecular weight is 346 g/mol. The van der Waals surface area contributed by atoms with E-state index in [1.165, 1.54) is 0 Å². The fourth-order valence-electron chi connectivity index (χ4n) is 1.57. The number of carbonyl (C=O) groups is 1. The molecule has 0 saturated carbocycles. The minimum Gasteiger partial charge on any atom is -0.484 e. The van der Waals surface area contributed by atoms with Gasteiger partial charge in [-0.2, -0.15) is 5.26 Å². The van der Waals surface area contributed by atoms with E-state index < -0.39 is 0 Å². The normalized spacial score (nSPS) is 9.76. The summed E-state index contributed by atoms with van der Waals surface area (Å²) < 4.78 is 6.22. The first-order valence-corrected chi connectivity index (χ1v) is 6.94. The molecule has 1 amide bonds. The van der Waals surface area contributed by atoms with Crippen LogP contribution in [0.25, 0.3) is 0 Å². The summed E-state index contributed by atoms with van der Waals surface area (Å²) in [5.74, 6) is 0.710. The van der Waals surface area contributed by atoms with Crippen LogP contribution in [0.1, 0.15) is 11.3 Å². The second kappa shape index (κ2) is 6.86. The van der Waals surface area contributed by atoms with Gasteiger partial charge in [0.05, 0.1) is 17.3 Å². The quantitative estimate of drug-likeness (QED) is 0.923. The first-order valence-electron chi connectivity index (χ1n) is 6.14. The molecule has 0 saturated heterocycles. The predicted molar refractivity (Wildman–Crippen MR) is 82.0 cm³/mol. The van der Waals surface area contributed by atoms with E-state index in [-0.39, 0.29) is 12.5 Å². The van der Waals surface area contributed by atoms with Gasteiger partial charge in [0, 0.05) is 4.47 Å². The maximum Gasteiger partial charge on any atom is 0.263 e. The predicted octanol–water partition coefficient (Wildman–Crippen LogP) is 3.04. The SMILES string of the molecule is Cc1nc(NC(=O)COc2ccc(C#N)cc2)ccc1Br. The van der Waals surface area contributed by atoms with Crippen LogP contribution >= 0.6 is 15.9 Å². The molecule has 0 aliphatic rings. The summed E-state index contributed by atoms with van der Waals surface area (Å²) >= 11 is 3.35. The highest BCUT2D eigenvalue weighted by Gasteiger charge is 2.06. The number of halogens is 1. The number of aromatic nitrogens is 1. The summed E-state index contributed by atoms with van der Waals surface area (Å²) in [6, 6.07) is 12.1. The van der Waals surface area contributed by atoms with Crippen molar-refractivity contribution in [2.45, 2.75) is 6.92 Å². The molecule has 1 heterocycles. The monoisotopic (exact) mass is 345 g/mol. The average Bonchev–Trinajstić information content (AvgIpc) is 2.49. The third-order valence-electron chi connectivity index (χ3n) is 2.64. The molecule has 2 rings (SSSR count). The molecule has 106 valence electrons. The maximum atomic E-state index is 11.8. The Balaban J connectivity index is 1.89. The standard InChI is InChI=1S/C15H12BrN3O2/c1-10-13(16)6-7-14(18-10)19-15(20)9-21-12-4-2-11(8-17)3-5-12/h2-7H,9H2,1H3,(H,18,19,20). The van der Waals surface area contributed by atoms with Gasteiger partial charge in [0.15, 0.2) is 6.61 Å². The van der Waals surface area contributed by atoms with Crippen molar-refractivity contribution in [3.8, 4) is 11.8 Å². The van der Waals surface area contributed by atoms with Crippen molar-refractivity contribution < 1.29 is 9.53 Å². The van der Waals surface area contributed by atoms with Crippen molar-refractivity contribution in [2.75, 3.05) is 11.9 Å². The number of ether oxygens (including phenoxy) is 1. The Kier molecular flexibility index (Phi) is 4.90. The maximum absolute atomic E-state index is 11.8. The molecule has 0 unspecified atom stereocenters. The van der Waals surface area contributed by atoms with Gasteiger partial charge in [-0.1, -0.05) is 0 Å². The number of nitrogens with one attached hydrogen (secondary N) is 1. The zero-order chi connectivity index (χ0) is 15.2. The van der Waals surface area contributed by atoms with E-state index in [9.17, 15) is 4.79 Å². The highest BCUT2D eigenvalue weighted by Crippen LogP contribution is 2.16. The molecule has 0 radical (unpaired) electrons. The summed E-state index contributed by atoms with van der Waals surface area (Å²) in [6.07, 6.45) is 0. The Bertz CT molecular complexity index is 693. The number of rotatable bonds is 4. The highest BCUT2D eigenvalue weighted by molar-refractivity contribution is 9.10. The number of aryl methyl sites for hydroxylation is 1. The Morgan fingerprint density at radius 1 is 1.33 bits per heavy atom. The van der Waals surface area contributed by atoms with Crippen molar-refractivity contribution in [2.24, 2.45) is 0 Å². The fraction of sp³-hybridized carbons (Fsp3) is 0.133. The molecule has 0 aliphatic carbocycles. The summed E-state index contributed by atoms with van der Waals surface area (Å²) in [6.45, 7) is 1.72. The molecular formula is C15H12BrN3O2. The zero-order valence-corrected chi connectivity index (χ0v) is 12.8. The Labute approximate surface area is 130 Å². The van der Waals surface area contributed by atoms with Gasteiger partial charge >= 0.3 is 0 Å². The van der Waals surface area contributed by atoms with Gasteiger partial charge in [0.25, 0.3) is 5.91 Å². The van der Waals surface area contributed by atoms with Crippen LogP contribution in [0.2, 0.25) is 0 Å². The van der Waals surface area contributed by atoms with Crippen LogP contribution in [0.5, 0.6) is 5.75 Å². The highest BCUT2D eigenvalue weighted by atomic mass is 79.9. The number of hydrogen-bond acceptors (Lipinski definition) is 4. The first-order chi connectivity index (χ1) is 10.1. The van der Waals surface area contributed by atoms with E-state index in [1.807, 2.05) is 19.1 Å². The summed E-state index contributed by atoms with van der Waals surface area (Å²) in [4.78, 5) is 16.0. The summed E-state index contributed by atoms with van der Waals surface area (Å²) in [5.41, 5.74) is 1.34. The van der Waals surface area contributed by atoms with Crippen LogP contribution in [-0.2, 0) is 4.79 Å². The third-order valence-corrected chi connectivity index (χ3v) is 3.48. The Morgan fingerprint density at radius 3 is 2.67 bits per heavy atom. The lowest BCUT2D eigenvalue weighted by atomic mass is 10.2. The third kappa shape index (κ3) is 4.29. The summed E-state index contributed by atoms with van der Waals surface area (Å²) in [7, 11) is 0. The molecular weight excluding hydrogens is 334 g/mol. The second-order valence-electron chi connectivity index (χ2n) is 4.24. The zero-order valence-electron chi connectivity index (χ0n) is 11.3. The number of benzene rings is 1. The number of nitriles is 1. The lowest BCUT2D eigenvalue weighted by molar-refractivity contribution is -0.118. The number of amides is 1. The van der Waals surface area contributed by atoms with Crippen LogP contribution in [-0.4, -0.2) is 17.5 Å². The van der Waals surface area contributed by atoms with E-state index in [0.717, 1.165) is 10.2 Å². The van der Waals surface area contributed by atoms with E-state index in [0.29, 0.717) is 17.1 Å². The van der Waals surface area contributed by atoms with E-state index >= 15 is 0 Å².